The number of rotatable bonds is 9. The molecule has 0 atom stereocenters. The first-order valence-corrected chi connectivity index (χ1v) is 14.1. The average molecular weight is 626 g/mol. The number of hydrogen-bond acceptors (Lipinski definition) is 6. The average Bonchev–Trinajstić information content (AvgIpc) is 3.43. The van der Waals surface area contributed by atoms with Gasteiger partial charge in [0.1, 0.15) is 12.4 Å². The van der Waals surface area contributed by atoms with Crippen LogP contribution in [0.1, 0.15) is 21.5 Å². The minimum atomic E-state index is -0.382. The van der Waals surface area contributed by atoms with Crippen LogP contribution in [0.25, 0.3) is 11.3 Å². The van der Waals surface area contributed by atoms with Crippen LogP contribution in [-0.2, 0) is 6.61 Å². The molecule has 4 aromatic carbocycles. The third-order valence-corrected chi connectivity index (χ3v) is 7.31. The van der Waals surface area contributed by atoms with E-state index >= 15 is 0 Å². The van der Waals surface area contributed by atoms with Crippen molar-refractivity contribution >= 4 is 69.1 Å². The molecule has 0 saturated carbocycles. The quantitative estimate of drug-likeness (QED) is 0.127. The van der Waals surface area contributed by atoms with E-state index in [0.717, 1.165) is 27.6 Å². The van der Waals surface area contributed by atoms with Crippen molar-refractivity contribution in [2.45, 2.75) is 6.61 Å². The van der Waals surface area contributed by atoms with Crippen LogP contribution in [0.3, 0.4) is 0 Å². The number of halogens is 4. The number of hydrazone groups is 1. The van der Waals surface area contributed by atoms with Crippen LogP contribution in [0.5, 0.6) is 5.75 Å². The Kier molecular flexibility index (Phi) is 9.16. The van der Waals surface area contributed by atoms with Crippen molar-refractivity contribution in [1.29, 1.82) is 0 Å². The highest BCUT2D eigenvalue weighted by atomic mass is 35.5. The van der Waals surface area contributed by atoms with Crippen LogP contribution in [0.2, 0.25) is 15.1 Å². The van der Waals surface area contributed by atoms with Crippen molar-refractivity contribution in [3.8, 4) is 17.0 Å². The van der Waals surface area contributed by atoms with Gasteiger partial charge < -0.3 is 10.1 Å². The van der Waals surface area contributed by atoms with Crippen molar-refractivity contribution in [3.05, 3.63) is 128 Å². The lowest BCUT2D eigenvalue weighted by Gasteiger charge is -2.11. The molecule has 0 spiro atoms. The van der Waals surface area contributed by atoms with Gasteiger partial charge in [-0.3, -0.25) is 4.79 Å². The fourth-order valence-corrected chi connectivity index (χ4v) is 5.15. The number of carbonyl (C=O) groups excluding carboxylic acids is 1. The third kappa shape index (κ3) is 7.62. The number of ether oxygens (including phenoxy) is 1. The van der Waals surface area contributed by atoms with Crippen molar-refractivity contribution < 1.29 is 13.9 Å². The van der Waals surface area contributed by atoms with Gasteiger partial charge >= 0.3 is 0 Å². The van der Waals surface area contributed by atoms with Crippen LogP contribution < -0.4 is 15.5 Å². The molecule has 5 aromatic rings. The Bertz CT molecular complexity index is 1670. The van der Waals surface area contributed by atoms with Crippen LogP contribution >= 0.6 is 46.1 Å². The molecule has 0 aliphatic carbocycles. The smallest absolute Gasteiger partial charge is 0.271 e. The number of thiazole rings is 1. The first-order chi connectivity index (χ1) is 19.8. The lowest BCUT2D eigenvalue weighted by atomic mass is 10.1. The van der Waals surface area contributed by atoms with Gasteiger partial charge in [0.15, 0.2) is 10.9 Å². The molecule has 1 heterocycles. The number of aromatic nitrogens is 1. The zero-order valence-electron chi connectivity index (χ0n) is 21.1. The van der Waals surface area contributed by atoms with Gasteiger partial charge in [-0.1, -0.05) is 59.1 Å². The lowest BCUT2D eigenvalue weighted by molar-refractivity contribution is 0.0955. The maximum atomic E-state index is 13.1. The summed E-state index contributed by atoms with van der Waals surface area (Å²) < 4.78 is 18.8. The molecule has 0 bridgehead atoms. The van der Waals surface area contributed by atoms with E-state index in [1.54, 1.807) is 48.5 Å². The molecule has 11 heteroatoms. The fourth-order valence-electron chi connectivity index (χ4n) is 3.67. The number of carbonyl (C=O) groups is 1. The van der Waals surface area contributed by atoms with E-state index in [-0.39, 0.29) is 28.4 Å². The van der Waals surface area contributed by atoms with Gasteiger partial charge in [-0.25, -0.2) is 14.8 Å². The van der Waals surface area contributed by atoms with E-state index in [9.17, 15) is 9.18 Å². The molecule has 0 unspecified atom stereocenters. The molecule has 0 fully saturated rings. The number of benzene rings is 4. The van der Waals surface area contributed by atoms with E-state index in [2.05, 4.69) is 20.8 Å². The summed E-state index contributed by atoms with van der Waals surface area (Å²) in [7, 11) is 0. The molecule has 1 aromatic heterocycles. The first-order valence-electron chi connectivity index (χ1n) is 12.1. The highest BCUT2D eigenvalue weighted by Crippen LogP contribution is 2.34. The number of nitrogens with one attached hydrogen (secondary N) is 2. The van der Waals surface area contributed by atoms with E-state index in [1.807, 2.05) is 29.6 Å². The maximum Gasteiger partial charge on any atom is 0.271 e. The molecule has 0 aliphatic rings. The van der Waals surface area contributed by atoms with Crippen molar-refractivity contribution in [2.75, 3.05) is 5.32 Å². The molecule has 5 rings (SSSR count). The molecule has 1 amide bonds. The number of nitrogens with zero attached hydrogens (tertiary/aromatic N) is 2. The summed E-state index contributed by atoms with van der Waals surface area (Å²) in [5.41, 5.74) is 6.81. The molecular weight excluding hydrogens is 606 g/mol. The topological polar surface area (TPSA) is 75.6 Å². The Morgan fingerprint density at radius 2 is 1.63 bits per heavy atom. The molecule has 206 valence electrons. The monoisotopic (exact) mass is 624 g/mol. The normalized spacial score (nSPS) is 11.0. The molecular formula is C30H20Cl3FN4O2S. The Balaban J connectivity index is 1.16. The summed E-state index contributed by atoms with van der Waals surface area (Å²) in [4.78, 5) is 17.2. The van der Waals surface area contributed by atoms with Gasteiger partial charge in [-0.05, 0) is 71.8 Å². The Labute approximate surface area is 254 Å². The number of amides is 1. The zero-order chi connectivity index (χ0) is 28.8. The molecule has 2 N–H and O–H groups in total. The van der Waals surface area contributed by atoms with Crippen molar-refractivity contribution in [1.82, 2.24) is 10.4 Å². The SMILES string of the molecule is O=C(N/N=C\c1cc(Cl)c(OCc2ccc(F)cc2)c(Cl)c1)c1ccc(-c2csc(Nc3ccc(Cl)cc3)n2)cc1. The Morgan fingerprint density at radius 1 is 0.951 bits per heavy atom. The highest BCUT2D eigenvalue weighted by molar-refractivity contribution is 7.14. The van der Waals surface area contributed by atoms with Crippen LogP contribution in [0, 0.1) is 5.82 Å². The molecule has 0 saturated heterocycles. The van der Waals surface area contributed by atoms with Gasteiger partial charge in [-0.15, -0.1) is 11.3 Å². The van der Waals surface area contributed by atoms with E-state index in [1.165, 1.54) is 29.7 Å². The summed E-state index contributed by atoms with van der Waals surface area (Å²) in [5.74, 6) is -0.411. The maximum absolute atomic E-state index is 13.1. The summed E-state index contributed by atoms with van der Waals surface area (Å²) in [6.07, 6.45) is 1.43. The minimum Gasteiger partial charge on any atom is -0.486 e. The van der Waals surface area contributed by atoms with Crippen molar-refractivity contribution in [2.24, 2.45) is 5.10 Å². The van der Waals surface area contributed by atoms with Crippen LogP contribution in [0.15, 0.2) is 95.4 Å². The fraction of sp³-hybridized carbons (Fsp3) is 0.0333. The van der Waals surface area contributed by atoms with Crippen LogP contribution in [0.4, 0.5) is 15.2 Å². The van der Waals surface area contributed by atoms with E-state index in [4.69, 9.17) is 39.5 Å². The second-order valence-corrected chi connectivity index (χ2v) is 10.8. The van der Waals surface area contributed by atoms with Gasteiger partial charge in [-0.2, -0.15) is 5.10 Å². The minimum absolute atomic E-state index is 0.173. The molecule has 41 heavy (non-hydrogen) atoms. The van der Waals surface area contributed by atoms with Gasteiger partial charge in [0, 0.05) is 27.2 Å². The molecule has 0 aliphatic heterocycles. The number of hydrogen-bond donors (Lipinski definition) is 2. The summed E-state index contributed by atoms with van der Waals surface area (Å²) >= 11 is 20.1. The third-order valence-electron chi connectivity index (χ3n) is 5.74. The standard InChI is InChI=1S/C30H20Cl3FN4O2S/c31-22-7-11-24(12-8-22)36-30-37-27(17-41-30)20-3-5-21(6-4-20)29(39)38-35-15-19-13-25(32)28(26(33)14-19)40-16-18-1-9-23(34)10-2-18/h1-15,17H,16H2,(H,36,37)(H,38,39)/b35-15-. The summed E-state index contributed by atoms with van der Waals surface area (Å²) in [6.45, 7) is 0.173. The second-order valence-electron chi connectivity index (χ2n) is 8.68. The van der Waals surface area contributed by atoms with Gasteiger partial charge in [0.05, 0.1) is 22.0 Å². The first kappa shape index (κ1) is 28.6. The molecule has 6 nitrogen and oxygen atoms in total. The molecule has 0 radical (unpaired) electrons. The summed E-state index contributed by atoms with van der Waals surface area (Å²) in [6, 6.07) is 23.6. The Morgan fingerprint density at radius 3 is 2.32 bits per heavy atom. The highest BCUT2D eigenvalue weighted by Gasteiger charge is 2.11. The largest absolute Gasteiger partial charge is 0.486 e. The van der Waals surface area contributed by atoms with Crippen molar-refractivity contribution in [3.63, 3.8) is 0 Å². The predicted octanol–water partition coefficient (Wildman–Crippen LogP) is 9.00. The Hall–Kier alpha value is -3.95. The van der Waals surface area contributed by atoms with E-state index < -0.39 is 0 Å². The number of anilines is 2. The van der Waals surface area contributed by atoms with Crippen LogP contribution in [-0.4, -0.2) is 17.1 Å². The zero-order valence-corrected chi connectivity index (χ0v) is 24.2. The predicted molar refractivity (Wildman–Crippen MR) is 165 cm³/mol. The van der Waals surface area contributed by atoms with Gasteiger partial charge in [0.2, 0.25) is 0 Å². The second kappa shape index (κ2) is 13.1. The summed E-state index contributed by atoms with van der Waals surface area (Å²) in [5, 5.41) is 11.2. The lowest BCUT2D eigenvalue weighted by Crippen LogP contribution is -2.17. The van der Waals surface area contributed by atoms with Gasteiger partial charge in [0.25, 0.3) is 5.91 Å². The van der Waals surface area contributed by atoms with E-state index in [0.29, 0.717) is 21.9 Å².